The molecule has 1 aliphatic heterocycles. The SMILES string of the molecule is CCCN1C(=O)S/C(=C/c2ccc(OC)c([N+](=O)[O-])c2)C1=O. The number of nitro groups is 1. The molecule has 0 bridgehead atoms. The van der Waals surface area contributed by atoms with Gasteiger partial charge >= 0.3 is 5.69 Å². The van der Waals surface area contributed by atoms with Crippen LogP contribution in [0.15, 0.2) is 23.1 Å². The number of rotatable bonds is 5. The first-order valence-electron chi connectivity index (χ1n) is 6.55. The minimum absolute atomic E-state index is 0.140. The minimum Gasteiger partial charge on any atom is -0.490 e. The summed E-state index contributed by atoms with van der Waals surface area (Å²) in [6.07, 6.45) is 2.16. The van der Waals surface area contributed by atoms with Gasteiger partial charge in [0.2, 0.25) is 0 Å². The van der Waals surface area contributed by atoms with E-state index in [4.69, 9.17) is 4.74 Å². The van der Waals surface area contributed by atoms with Crippen LogP contribution in [0.2, 0.25) is 0 Å². The Balaban J connectivity index is 2.34. The lowest BCUT2D eigenvalue weighted by Crippen LogP contribution is -2.28. The zero-order valence-corrected chi connectivity index (χ0v) is 12.9. The zero-order chi connectivity index (χ0) is 16.3. The van der Waals surface area contributed by atoms with Crippen LogP contribution in [0.1, 0.15) is 18.9 Å². The Morgan fingerprint density at radius 1 is 1.41 bits per heavy atom. The van der Waals surface area contributed by atoms with Crippen molar-refractivity contribution in [2.75, 3.05) is 13.7 Å². The molecule has 22 heavy (non-hydrogen) atoms. The summed E-state index contributed by atoms with van der Waals surface area (Å²) in [5.41, 5.74) is 0.276. The Hall–Kier alpha value is -2.35. The molecule has 0 unspecified atom stereocenters. The molecular formula is C14H14N2O5S. The predicted octanol–water partition coefficient (Wildman–Crippen LogP) is 3.05. The van der Waals surface area contributed by atoms with Crippen molar-refractivity contribution >= 4 is 34.7 Å². The van der Waals surface area contributed by atoms with E-state index in [9.17, 15) is 19.7 Å². The Labute approximate surface area is 131 Å². The molecule has 1 aromatic carbocycles. The third-order valence-corrected chi connectivity index (χ3v) is 3.93. The van der Waals surface area contributed by atoms with Crippen molar-refractivity contribution in [1.82, 2.24) is 4.90 Å². The summed E-state index contributed by atoms with van der Waals surface area (Å²) in [5, 5.41) is 10.7. The average molecular weight is 322 g/mol. The number of nitrogens with zero attached hydrogens (tertiary/aromatic N) is 2. The van der Waals surface area contributed by atoms with E-state index >= 15 is 0 Å². The largest absolute Gasteiger partial charge is 0.490 e. The van der Waals surface area contributed by atoms with Crippen molar-refractivity contribution in [2.24, 2.45) is 0 Å². The Morgan fingerprint density at radius 2 is 2.14 bits per heavy atom. The Kier molecular flexibility index (Phi) is 4.81. The van der Waals surface area contributed by atoms with Gasteiger partial charge in [-0.2, -0.15) is 0 Å². The maximum Gasteiger partial charge on any atom is 0.311 e. The maximum absolute atomic E-state index is 12.1. The van der Waals surface area contributed by atoms with E-state index in [0.29, 0.717) is 18.5 Å². The Morgan fingerprint density at radius 3 is 2.73 bits per heavy atom. The molecule has 0 radical (unpaired) electrons. The molecule has 1 aromatic rings. The van der Waals surface area contributed by atoms with Gasteiger partial charge in [-0.1, -0.05) is 13.0 Å². The van der Waals surface area contributed by atoms with Crippen molar-refractivity contribution in [3.05, 3.63) is 38.8 Å². The van der Waals surface area contributed by atoms with Gasteiger partial charge in [-0.15, -0.1) is 0 Å². The third-order valence-electron chi connectivity index (χ3n) is 3.02. The number of hydrogen-bond donors (Lipinski definition) is 0. The Bertz CT molecular complexity index is 671. The van der Waals surface area contributed by atoms with Gasteiger partial charge in [0.25, 0.3) is 11.1 Å². The van der Waals surface area contributed by atoms with Crippen LogP contribution >= 0.6 is 11.8 Å². The maximum atomic E-state index is 12.1. The summed E-state index contributed by atoms with van der Waals surface area (Å²) in [5.74, 6) is -0.225. The minimum atomic E-state index is -0.557. The molecule has 0 spiro atoms. The summed E-state index contributed by atoms with van der Waals surface area (Å²) >= 11 is 0.838. The van der Waals surface area contributed by atoms with Crippen molar-refractivity contribution in [2.45, 2.75) is 13.3 Å². The molecule has 1 fully saturated rings. The van der Waals surface area contributed by atoms with Gasteiger partial charge in [-0.05, 0) is 35.9 Å². The number of benzene rings is 1. The van der Waals surface area contributed by atoms with Crippen LogP contribution in [0.25, 0.3) is 6.08 Å². The number of nitro benzene ring substituents is 1. The summed E-state index contributed by atoms with van der Waals surface area (Å²) in [6.45, 7) is 2.24. The molecule has 1 saturated heterocycles. The summed E-state index contributed by atoms with van der Waals surface area (Å²) in [4.78, 5) is 35.7. The fourth-order valence-electron chi connectivity index (χ4n) is 2.01. The molecule has 0 atom stereocenters. The fourth-order valence-corrected chi connectivity index (χ4v) is 2.87. The van der Waals surface area contributed by atoms with Crippen LogP contribution in [0.3, 0.4) is 0 Å². The highest BCUT2D eigenvalue weighted by molar-refractivity contribution is 8.18. The first kappa shape index (κ1) is 16.0. The van der Waals surface area contributed by atoms with Crippen LogP contribution in [0.4, 0.5) is 10.5 Å². The van der Waals surface area contributed by atoms with E-state index < -0.39 is 4.92 Å². The van der Waals surface area contributed by atoms with Crippen molar-refractivity contribution in [3.63, 3.8) is 0 Å². The lowest BCUT2D eigenvalue weighted by atomic mass is 10.1. The van der Waals surface area contributed by atoms with Gasteiger partial charge in [0.05, 0.1) is 16.9 Å². The average Bonchev–Trinajstić information content (AvgIpc) is 2.75. The number of imide groups is 1. The van der Waals surface area contributed by atoms with Crippen LogP contribution in [-0.4, -0.2) is 34.6 Å². The van der Waals surface area contributed by atoms with E-state index in [1.54, 1.807) is 6.07 Å². The van der Waals surface area contributed by atoms with Crippen molar-refractivity contribution < 1.29 is 19.2 Å². The van der Waals surface area contributed by atoms with Crippen LogP contribution in [-0.2, 0) is 4.79 Å². The van der Waals surface area contributed by atoms with E-state index in [0.717, 1.165) is 11.8 Å². The second kappa shape index (κ2) is 6.61. The van der Waals surface area contributed by atoms with Crippen molar-refractivity contribution in [3.8, 4) is 5.75 Å². The highest BCUT2D eigenvalue weighted by Crippen LogP contribution is 2.34. The quantitative estimate of drug-likeness (QED) is 0.470. The highest BCUT2D eigenvalue weighted by atomic mass is 32.2. The van der Waals surface area contributed by atoms with Crippen LogP contribution in [0.5, 0.6) is 5.75 Å². The number of carbonyl (C=O) groups excluding carboxylic acids is 2. The first-order chi connectivity index (χ1) is 10.5. The van der Waals surface area contributed by atoms with Crippen molar-refractivity contribution in [1.29, 1.82) is 0 Å². The third kappa shape index (κ3) is 3.11. The predicted molar refractivity (Wildman–Crippen MR) is 82.6 cm³/mol. The summed E-state index contributed by atoms with van der Waals surface area (Å²) in [6, 6.07) is 4.37. The van der Waals surface area contributed by atoms with Gasteiger partial charge in [-0.25, -0.2) is 0 Å². The van der Waals surface area contributed by atoms with Gasteiger partial charge in [0, 0.05) is 12.6 Å². The number of hydrogen-bond acceptors (Lipinski definition) is 6. The van der Waals surface area contributed by atoms with E-state index in [2.05, 4.69) is 0 Å². The topological polar surface area (TPSA) is 89.8 Å². The van der Waals surface area contributed by atoms with Crippen LogP contribution < -0.4 is 4.74 Å². The molecule has 1 heterocycles. The number of thioether (sulfide) groups is 1. The number of amides is 2. The molecule has 0 saturated carbocycles. The van der Waals surface area contributed by atoms with E-state index in [1.807, 2.05) is 6.92 Å². The van der Waals surface area contributed by atoms with E-state index in [1.165, 1.54) is 30.2 Å². The van der Waals surface area contributed by atoms with E-state index in [-0.39, 0.29) is 27.5 Å². The molecule has 8 heteroatoms. The molecule has 2 rings (SSSR count). The monoisotopic (exact) mass is 322 g/mol. The molecular weight excluding hydrogens is 308 g/mol. The second-order valence-electron chi connectivity index (χ2n) is 4.52. The first-order valence-corrected chi connectivity index (χ1v) is 7.37. The standard InChI is InChI=1S/C14H14N2O5S/c1-3-6-15-13(17)12(22-14(15)18)8-9-4-5-11(21-2)10(7-9)16(19)20/h4-5,7-8H,3,6H2,1-2H3/b12-8+. The van der Waals surface area contributed by atoms with Gasteiger partial charge in [-0.3, -0.25) is 24.6 Å². The van der Waals surface area contributed by atoms with Gasteiger partial charge in [0.15, 0.2) is 5.75 Å². The fraction of sp³-hybridized carbons (Fsp3) is 0.286. The summed E-state index contributed by atoms with van der Waals surface area (Å²) in [7, 11) is 1.35. The second-order valence-corrected chi connectivity index (χ2v) is 5.51. The summed E-state index contributed by atoms with van der Waals surface area (Å²) < 4.78 is 4.92. The lowest BCUT2D eigenvalue weighted by Gasteiger charge is -2.09. The highest BCUT2D eigenvalue weighted by Gasteiger charge is 2.34. The molecule has 0 aliphatic carbocycles. The number of ether oxygens (including phenoxy) is 1. The molecule has 0 N–H and O–H groups in total. The number of methoxy groups -OCH3 is 1. The number of carbonyl (C=O) groups is 2. The van der Waals surface area contributed by atoms with Gasteiger partial charge in [0.1, 0.15) is 0 Å². The molecule has 2 amide bonds. The molecule has 116 valence electrons. The van der Waals surface area contributed by atoms with Crippen LogP contribution in [0, 0.1) is 10.1 Å². The molecule has 1 aliphatic rings. The lowest BCUT2D eigenvalue weighted by molar-refractivity contribution is -0.385. The zero-order valence-electron chi connectivity index (χ0n) is 12.1. The molecule has 7 nitrogen and oxygen atoms in total. The molecule has 0 aromatic heterocycles. The normalized spacial score (nSPS) is 16.5. The van der Waals surface area contributed by atoms with Gasteiger partial charge < -0.3 is 4.74 Å². The smallest absolute Gasteiger partial charge is 0.311 e.